The average Bonchev–Trinajstić information content (AvgIpc) is 3.27. The zero-order valence-corrected chi connectivity index (χ0v) is 35.6. The van der Waals surface area contributed by atoms with E-state index in [4.69, 9.17) is 9.15 Å². The monoisotopic (exact) mass is 879 g/mol. The highest BCUT2D eigenvalue weighted by molar-refractivity contribution is 6.09. The smallest absolute Gasteiger partial charge is 0.336 e. The molecule has 4 aromatic carbocycles. The van der Waals surface area contributed by atoms with Crippen molar-refractivity contribution in [3.8, 4) is 33.9 Å². The van der Waals surface area contributed by atoms with E-state index in [0.29, 0.717) is 29.5 Å². The Morgan fingerprint density at radius 3 is 2.14 bits per heavy atom. The van der Waals surface area contributed by atoms with Crippen molar-refractivity contribution in [3.63, 3.8) is 0 Å². The SMILES string of the molecule is CN(C)c1ccc2c(c1)OC1CC(=[N+](C)C)CCC1=C2c1ccc(C(=O)NCC(=O)NCc2c3oc4cc(O)ccc4c(-c4ccc(C(=O)O)cc4C(=O)O)c-3ccc2=O)cc1C(=O)O. The minimum atomic E-state index is -1.41. The number of nitrogens with one attached hydrogen (secondary N) is 2. The Morgan fingerprint density at radius 2 is 1.43 bits per heavy atom. The third-order valence-corrected chi connectivity index (χ3v) is 11.8. The van der Waals surface area contributed by atoms with Crippen molar-refractivity contribution in [2.75, 3.05) is 39.6 Å². The summed E-state index contributed by atoms with van der Waals surface area (Å²) in [4.78, 5) is 79.1. The van der Waals surface area contributed by atoms with E-state index in [1.54, 1.807) is 6.07 Å². The number of phenols is 1. The molecule has 4 aliphatic rings. The van der Waals surface area contributed by atoms with Crippen LogP contribution in [0.1, 0.15) is 77.4 Å². The molecule has 1 saturated carbocycles. The molecule has 1 fully saturated rings. The predicted octanol–water partition coefficient (Wildman–Crippen LogP) is 5.94. The highest BCUT2D eigenvalue weighted by Crippen LogP contribution is 2.47. The number of benzene rings is 5. The number of anilines is 1. The molecule has 16 nitrogen and oxygen atoms in total. The molecule has 0 radical (unpaired) electrons. The van der Waals surface area contributed by atoms with Gasteiger partial charge in [-0.25, -0.2) is 19.0 Å². The van der Waals surface area contributed by atoms with Crippen LogP contribution in [0.25, 0.3) is 39.0 Å². The summed E-state index contributed by atoms with van der Waals surface area (Å²) in [6.45, 7) is -0.952. The molecule has 4 aromatic rings. The molecule has 1 unspecified atom stereocenters. The van der Waals surface area contributed by atoms with Gasteiger partial charge < -0.3 is 45.1 Å². The minimum Gasteiger partial charge on any atom is -0.508 e. The second-order valence-electron chi connectivity index (χ2n) is 16.2. The van der Waals surface area contributed by atoms with Gasteiger partial charge >= 0.3 is 17.9 Å². The van der Waals surface area contributed by atoms with Crippen molar-refractivity contribution in [2.24, 2.45) is 0 Å². The zero-order chi connectivity index (χ0) is 46.4. The average molecular weight is 880 g/mol. The number of fused-ring (bicyclic) bond motifs is 4. The van der Waals surface area contributed by atoms with Gasteiger partial charge in [-0.05, 0) is 89.4 Å². The molecule has 2 aliphatic carbocycles. The van der Waals surface area contributed by atoms with Crippen LogP contribution in [0.3, 0.4) is 0 Å². The molecule has 0 spiro atoms. The van der Waals surface area contributed by atoms with Crippen molar-refractivity contribution in [1.82, 2.24) is 10.6 Å². The number of carboxylic acids is 3. The van der Waals surface area contributed by atoms with Crippen LogP contribution >= 0.6 is 0 Å². The molecule has 2 heterocycles. The van der Waals surface area contributed by atoms with Crippen LogP contribution in [0.15, 0.2) is 99.7 Å². The van der Waals surface area contributed by atoms with Gasteiger partial charge in [0, 0.05) is 66.0 Å². The maximum atomic E-state index is 13.5. The quantitative estimate of drug-likeness (QED) is 0.0654. The van der Waals surface area contributed by atoms with E-state index in [1.807, 2.05) is 51.3 Å². The number of nitrogens with zero attached hydrogens (tertiary/aromatic N) is 2. The Bertz CT molecular complexity index is 3120. The van der Waals surface area contributed by atoms with Crippen molar-refractivity contribution >= 4 is 57.7 Å². The fourth-order valence-electron chi connectivity index (χ4n) is 8.52. The first-order valence-electron chi connectivity index (χ1n) is 20.5. The van der Waals surface area contributed by atoms with E-state index >= 15 is 0 Å². The lowest BCUT2D eigenvalue weighted by Gasteiger charge is -2.35. The van der Waals surface area contributed by atoms with Gasteiger partial charge in [0.05, 0.1) is 41.8 Å². The van der Waals surface area contributed by atoms with Crippen molar-refractivity contribution in [1.29, 1.82) is 0 Å². The summed E-state index contributed by atoms with van der Waals surface area (Å²) >= 11 is 0. The molecule has 0 aromatic heterocycles. The van der Waals surface area contributed by atoms with Gasteiger partial charge in [0.2, 0.25) is 5.91 Å². The first-order chi connectivity index (χ1) is 31.0. The van der Waals surface area contributed by atoms with Gasteiger partial charge in [0.25, 0.3) is 5.91 Å². The second-order valence-corrected chi connectivity index (χ2v) is 16.2. The van der Waals surface area contributed by atoms with E-state index in [0.717, 1.165) is 34.9 Å². The van der Waals surface area contributed by atoms with Gasteiger partial charge in [-0.15, -0.1) is 0 Å². The summed E-state index contributed by atoms with van der Waals surface area (Å²) in [5, 5.41) is 46.0. The van der Waals surface area contributed by atoms with Crippen LogP contribution in [0.4, 0.5) is 5.69 Å². The number of phenolic OH excluding ortho intramolecular Hbond substituents is 1. The number of aromatic carboxylic acids is 3. The number of carboxylic acid groups (broad SMARTS) is 3. The van der Waals surface area contributed by atoms with Gasteiger partial charge in [0.15, 0.2) is 11.1 Å². The Morgan fingerprint density at radius 1 is 0.754 bits per heavy atom. The number of hydrogen-bond acceptors (Lipinski definition) is 10. The van der Waals surface area contributed by atoms with Crippen LogP contribution in [0, 0.1) is 0 Å². The topological polar surface area (TPSA) is 236 Å². The number of ether oxygens (including phenoxy) is 1. The second kappa shape index (κ2) is 17.1. The van der Waals surface area contributed by atoms with Gasteiger partial charge in [0.1, 0.15) is 43.0 Å². The third-order valence-electron chi connectivity index (χ3n) is 11.8. The first kappa shape index (κ1) is 43.4. The van der Waals surface area contributed by atoms with Gasteiger partial charge in [-0.3, -0.25) is 14.4 Å². The number of carbonyl (C=O) groups excluding carboxylic acids is 2. The fraction of sp³-hybridized carbons (Fsp3) is 0.204. The van der Waals surface area contributed by atoms with Gasteiger partial charge in [-0.1, -0.05) is 12.1 Å². The van der Waals surface area contributed by atoms with E-state index in [9.17, 15) is 49.2 Å². The molecule has 65 heavy (non-hydrogen) atoms. The Kier molecular flexibility index (Phi) is 11.4. The van der Waals surface area contributed by atoms with E-state index in [-0.39, 0.29) is 67.7 Å². The highest BCUT2D eigenvalue weighted by Gasteiger charge is 2.37. The number of amides is 2. The van der Waals surface area contributed by atoms with Crippen molar-refractivity contribution in [3.05, 3.63) is 140 Å². The summed E-state index contributed by atoms with van der Waals surface area (Å²) in [6, 6.07) is 20.6. The van der Waals surface area contributed by atoms with Crippen LogP contribution in [0.2, 0.25) is 0 Å². The van der Waals surface area contributed by atoms with Crippen molar-refractivity contribution < 1.29 is 58.1 Å². The van der Waals surface area contributed by atoms with Crippen LogP contribution < -0.4 is 25.7 Å². The number of hydrogen-bond donors (Lipinski definition) is 6. The number of carbonyl (C=O) groups is 5. The van der Waals surface area contributed by atoms with E-state index in [1.165, 1.54) is 60.3 Å². The molecule has 0 saturated heterocycles. The number of aromatic hydroxyl groups is 1. The normalized spacial score (nSPS) is 14.3. The maximum absolute atomic E-state index is 13.5. The lowest BCUT2D eigenvalue weighted by atomic mass is 9.79. The summed E-state index contributed by atoms with van der Waals surface area (Å²) in [5.41, 5.74) is 4.44. The molecule has 2 aliphatic heterocycles. The molecule has 6 N–H and O–H groups in total. The highest BCUT2D eigenvalue weighted by atomic mass is 16.5. The molecule has 16 heteroatoms. The standard InChI is InChI=1S/C49H42N4O12/c1-52(2)26-7-12-31-39(19-26)64-40-20-27(53(3)4)8-13-32(40)43(31)29-10-5-24(17-35(29)48(60)61)46(57)51-23-42(56)50-22-37-38(55)16-15-34-44(33-14-9-28(54)21-41(33)65-45(34)37)30-11-6-25(47(58)59)18-36(30)49(62)63/h5-7,9-12,14-19,21,40H,8,13,20,22-23H2,1-4H3,(H5-,50,51,54,55,56,57,58,59,60,61,62,63)/p+1. The Hall–Kier alpha value is -8.27. The van der Waals surface area contributed by atoms with Crippen LogP contribution in [-0.2, 0) is 11.3 Å². The van der Waals surface area contributed by atoms with Crippen LogP contribution in [-0.4, -0.2) is 101 Å². The number of rotatable bonds is 11. The van der Waals surface area contributed by atoms with Crippen LogP contribution in [0.5, 0.6) is 11.5 Å². The Balaban J connectivity index is 1.05. The molecule has 8 rings (SSSR count). The van der Waals surface area contributed by atoms with E-state index < -0.39 is 48.2 Å². The summed E-state index contributed by atoms with van der Waals surface area (Å²) in [5.74, 6) is -5.03. The zero-order valence-electron chi connectivity index (χ0n) is 35.6. The lowest BCUT2D eigenvalue weighted by molar-refractivity contribution is -0.467. The summed E-state index contributed by atoms with van der Waals surface area (Å²) in [6.07, 6.45) is 1.74. The first-order valence-corrected chi connectivity index (χ1v) is 20.5. The lowest BCUT2D eigenvalue weighted by Crippen LogP contribution is -2.37. The Labute approximate surface area is 370 Å². The molecular formula is C49H43N4O12+. The molecule has 1 atom stereocenters. The molecule has 330 valence electrons. The predicted molar refractivity (Wildman–Crippen MR) is 240 cm³/mol. The minimum absolute atomic E-state index is 0.00214. The third kappa shape index (κ3) is 8.24. The molecular weight excluding hydrogens is 837 g/mol. The van der Waals surface area contributed by atoms with E-state index in [2.05, 4.69) is 15.2 Å². The maximum Gasteiger partial charge on any atom is 0.336 e. The summed E-state index contributed by atoms with van der Waals surface area (Å²) < 4.78 is 14.8. The fourth-order valence-corrected chi connectivity index (χ4v) is 8.52. The van der Waals surface area contributed by atoms with Gasteiger partial charge in [-0.2, -0.15) is 0 Å². The van der Waals surface area contributed by atoms with Crippen molar-refractivity contribution in [2.45, 2.75) is 31.9 Å². The summed E-state index contributed by atoms with van der Waals surface area (Å²) in [7, 11) is 7.83. The largest absolute Gasteiger partial charge is 0.508 e. The molecule has 2 amide bonds. The molecule has 0 bridgehead atoms.